The van der Waals surface area contributed by atoms with Crippen LogP contribution in [0.2, 0.25) is 0 Å². The molecule has 1 aliphatic rings. The third-order valence-corrected chi connectivity index (χ3v) is 2.46. The molecule has 0 aromatic rings. The van der Waals surface area contributed by atoms with E-state index in [0.717, 1.165) is 19.8 Å². The first-order valence-electron chi connectivity index (χ1n) is 5.63. The van der Waals surface area contributed by atoms with Crippen LogP contribution in [0.5, 0.6) is 0 Å². The molecule has 1 heterocycles. The molecule has 0 saturated carbocycles. The Hall–Kier alpha value is -0.0800. The first-order valence-corrected chi connectivity index (χ1v) is 5.63. The van der Waals surface area contributed by atoms with Gasteiger partial charge in [-0.05, 0) is 6.42 Å². The average molecular weight is 186 g/mol. The highest BCUT2D eigenvalue weighted by Crippen LogP contribution is 2.08. The zero-order chi connectivity index (χ0) is 9.36. The molecule has 0 spiro atoms. The van der Waals surface area contributed by atoms with Crippen LogP contribution in [-0.4, -0.2) is 25.9 Å². The highest BCUT2D eigenvalue weighted by Gasteiger charge is 2.17. The Balaban J connectivity index is 1.68. The number of rotatable bonds is 8. The van der Waals surface area contributed by atoms with E-state index in [1.807, 2.05) is 0 Å². The maximum absolute atomic E-state index is 5.56. The van der Waals surface area contributed by atoms with E-state index < -0.39 is 0 Å². The molecule has 0 unspecified atom stereocenters. The van der Waals surface area contributed by atoms with Crippen molar-refractivity contribution in [2.75, 3.05) is 19.8 Å². The minimum absolute atomic E-state index is 0.413. The molecule has 0 bridgehead atoms. The molecule has 1 aliphatic heterocycles. The van der Waals surface area contributed by atoms with Crippen LogP contribution in [0.15, 0.2) is 0 Å². The fourth-order valence-electron chi connectivity index (χ4n) is 1.44. The summed E-state index contributed by atoms with van der Waals surface area (Å²) >= 11 is 0. The van der Waals surface area contributed by atoms with Crippen molar-refractivity contribution in [2.45, 2.75) is 51.6 Å². The predicted octanol–water partition coefficient (Wildman–Crippen LogP) is 2.76. The second-order valence-electron chi connectivity index (χ2n) is 3.80. The molecule has 0 amide bonds. The van der Waals surface area contributed by atoms with Gasteiger partial charge in [0.2, 0.25) is 0 Å². The molecule has 78 valence electrons. The highest BCUT2D eigenvalue weighted by atomic mass is 16.6. The van der Waals surface area contributed by atoms with Gasteiger partial charge in [-0.3, -0.25) is 0 Å². The van der Waals surface area contributed by atoms with Crippen molar-refractivity contribution in [1.29, 1.82) is 0 Å². The quantitative estimate of drug-likeness (QED) is 0.543. The van der Waals surface area contributed by atoms with Gasteiger partial charge in [0, 0.05) is 6.61 Å². The van der Waals surface area contributed by atoms with Gasteiger partial charge in [0.25, 0.3) is 0 Å². The van der Waals surface area contributed by atoms with E-state index in [1.165, 1.54) is 38.5 Å². The summed E-state index contributed by atoms with van der Waals surface area (Å²) in [6.07, 6.45) is 8.44. The van der Waals surface area contributed by atoms with Crippen molar-refractivity contribution in [1.82, 2.24) is 0 Å². The van der Waals surface area contributed by atoms with Gasteiger partial charge >= 0.3 is 0 Å². The standard InChI is InChI=1S/C11H22O2/c1-2-3-4-5-6-7-8-13-11-9-12-10-11/h11H,2-10H2,1H3. The predicted molar refractivity (Wildman–Crippen MR) is 53.9 cm³/mol. The maximum Gasteiger partial charge on any atom is 0.104 e. The first-order chi connectivity index (χ1) is 6.43. The molecule has 1 rings (SSSR count). The number of unbranched alkanes of at least 4 members (excludes halogenated alkanes) is 5. The lowest BCUT2D eigenvalue weighted by Crippen LogP contribution is -2.36. The Labute approximate surface area is 81.6 Å². The van der Waals surface area contributed by atoms with E-state index in [1.54, 1.807) is 0 Å². The van der Waals surface area contributed by atoms with Gasteiger partial charge in [0.1, 0.15) is 6.10 Å². The van der Waals surface area contributed by atoms with Crippen molar-refractivity contribution in [3.8, 4) is 0 Å². The third kappa shape index (κ3) is 5.27. The molecule has 13 heavy (non-hydrogen) atoms. The molecule has 0 N–H and O–H groups in total. The summed E-state index contributed by atoms with van der Waals surface area (Å²) in [7, 11) is 0. The van der Waals surface area contributed by atoms with E-state index in [9.17, 15) is 0 Å². The summed E-state index contributed by atoms with van der Waals surface area (Å²) in [5.41, 5.74) is 0. The van der Waals surface area contributed by atoms with Crippen LogP contribution in [0.1, 0.15) is 45.4 Å². The molecule has 0 atom stereocenters. The van der Waals surface area contributed by atoms with Crippen molar-refractivity contribution in [3.05, 3.63) is 0 Å². The van der Waals surface area contributed by atoms with Crippen molar-refractivity contribution in [2.24, 2.45) is 0 Å². The second-order valence-corrected chi connectivity index (χ2v) is 3.80. The van der Waals surface area contributed by atoms with Crippen LogP contribution < -0.4 is 0 Å². The lowest BCUT2D eigenvalue weighted by Gasteiger charge is -2.25. The Morgan fingerprint density at radius 1 is 1.08 bits per heavy atom. The maximum atomic E-state index is 5.56. The summed E-state index contributed by atoms with van der Waals surface area (Å²) in [5.74, 6) is 0. The van der Waals surface area contributed by atoms with E-state index >= 15 is 0 Å². The Kier molecular flexibility index (Phi) is 6.21. The topological polar surface area (TPSA) is 18.5 Å². The van der Waals surface area contributed by atoms with Gasteiger partial charge in [0.05, 0.1) is 13.2 Å². The molecule has 2 nitrogen and oxygen atoms in total. The minimum Gasteiger partial charge on any atom is -0.376 e. The van der Waals surface area contributed by atoms with E-state index in [4.69, 9.17) is 9.47 Å². The number of hydrogen-bond acceptors (Lipinski definition) is 2. The molecule has 0 radical (unpaired) electrons. The van der Waals surface area contributed by atoms with Gasteiger partial charge in [-0.25, -0.2) is 0 Å². The van der Waals surface area contributed by atoms with E-state index in [-0.39, 0.29) is 0 Å². The number of hydrogen-bond donors (Lipinski definition) is 0. The van der Waals surface area contributed by atoms with Crippen molar-refractivity contribution in [3.63, 3.8) is 0 Å². The highest BCUT2D eigenvalue weighted by molar-refractivity contribution is 4.63. The second kappa shape index (κ2) is 7.34. The van der Waals surface area contributed by atoms with Crippen LogP contribution in [0.4, 0.5) is 0 Å². The van der Waals surface area contributed by atoms with Gasteiger partial charge in [-0.1, -0.05) is 39.0 Å². The van der Waals surface area contributed by atoms with Crippen LogP contribution in [0.25, 0.3) is 0 Å². The van der Waals surface area contributed by atoms with Gasteiger partial charge < -0.3 is 9.47 Å². The molecule has 1 saturated heterocycles. The van der Waals surface area contributed by atoms with Gasteiger partial charge in [-0.2, -0.15) is 0 Å². The fraction of sp³-hybridized carbons (Fsp3) is 1.00. The normalized spacial score (nSPS) is 17.3. The van der Waals surface area contributed by atoms with E-state index in [2.05, 4.69) is 6.92 Å². The molecule has 0 aromatic carbocycles. The molecule has 2 heteroatoms. The molecule has 0 aliphatic carbocycles. The SMILES string of the molecule is CCCCCCCCOC1COC1. The molecule has 1 fully saturated rings. The van der Waals surface area contributed by atoms with Gasteiger partial charge in [-0.15, -0.1) is 0 Å². The van der Waals surface area contributed by atoms with Crippen molar-refractivity contribution < 1.29 is 9.47 Å². The zero-order valence-electron chi connectivity index (χ0n) is 8.76. The summed E-state index contributed by atoms with van der Waals surface area (Å²) in [4.78, 5) is 0. The zero-order valence-corrected chi connectivity index (χ0v) is 8.76. The summed E-state index contributed by atoms with van der Waals surface area (Å²) in [5, 5.41) is 0. The smallest absolute Gasteiger partial charge is 0.104 e. The van der Waals surface area contributed by atoms with Crippen molar-refractivity contribution >= 4 is 0 Å². The van der Waals surface area contributed by atoms with Crippen LogP contribution >= 0.6 is 0 Å². The lowest BCUT2D eigenvalue weighted by molar-refractivity contribution is -0.129. The number of ether oxygens (including phenoxy) is 2. The first kappa shape index (κ1) is 11.0. The summed E-state index contributed by atoms with van der Waals surface area (Å²) in [6.45, 7) is 4.81. The monoisotopic (exact) mass is 186 g/mol. The van der Waals surface area contributed by atoms with Crippen LogP contribution in [-0.2, 0) is 9.47 Å². The molecule has 0 aromatic heterocycles. The largest absolute Gasteiger partial charge is 0.376 e. The lowest BCUT2D eigenvalue weighted by atomic mass is 10.1. The van der Waals surface area contributed by atoms with Gasteiger partial charge in [0.15, 0.2) is 0 Å². The summed E-state index contributed by atoms with van der Waals surface area (Å²) in [6, 6.07) is 0. The average Bonchev–Trinajstić information content (AvgIpc) is 2.07. The third-order valence-electron chi connectivity index (χ3n) is 2.46. The summed E-state index contributed by atoms with van der Waals surface area (Å²) < 4.78 is 10.6. The molecular weight excluding hydrogens is 164 g/mol. The Morgan fingerprint density at radius 2 is 1.77 bits per heavy atom. The fourth-order valence-corrected chi connectivity index (χ4v) is 1.44. The van der Waals surface area contributed by atoms with Crippen LogP contribution in [0, 0.1) is 0 Å². The van der Waals surface area contributed by atoms with Crippen LogP contribution in [0.3, 0.4) is 0 Å². The Bertz CT molecular complexity index is 111. The Morgan fingerprint density at radius 3 is 2.38 bits per heavy atom. The van der Waals surface area contributed by atoms with E-state index in [0.29, 0.717) is 6.10 Å². The minimum atomic E-state index is 0.413. The molecular formula is C11H22O2.